The summed E-state index contributed by atoms with van der Waals surface area (Å²) in [6, 6.07) is 7.48. The van der Waals surface area contributed by atoms with Crippen molar-refractivity contribution >= 4 is 20.8 Å². The van der Waals surface area contributed by atoms with Crippen LogP contribution in [-0.2, 0) is 6.42 Å². The Hall–Kier alpha value is -0.340. The van der Waals surface area contributed by atoms with Crippen LogP contribution in [0.15, 0.2) is 24.3 Å². The fraction of sp³-hybridized carbons (Fsp3) is 0.400. The third-order valence-corrected chi connectivity index (χ3v) is 3.34. The van der Waals surface area contributed by atoms with Gasteiger partial charge in [-0.1, -0.05) is 28.9 Å². The van der Waals surface area contributed by atoms with Crippen molar-refractivity contribution < 1.29 is 5.11 Å². The second kappa shape index (κ2) is 5.40. The van der Waals surface area contributed by atoms with Crippen molar-refractivity contribution in [1.29, 1.82) is 0 Å². The first kappa shape index (κ1) is 10.7. The highest BCUT2D eigenvalue weighted by Gasteiger charge is 1.99. The van der Waals surface area contributed by atoms with Gasteiger partial charge in [0.1, 0.15) is 5.75 Å². The van der Waals surface area contributed by atoms with Crippen LogP contribution in [-0.4, -0.2) is 17.1 Å². The maximum atomic E-state index is 9.45. The Morgan fingerprint density at radius 3 is 2.69 bits per heavy atom. The number of aromatic hydroxyl groups is 1. The fourth-order valence-electron chi connectivity index (χ4n) is 1.21. The van der Waals surface area contributed by atoms with Gasteiger partial charge in [0.2, 0.25) is 0 Å². The molecule has 0 amide bonds. The second-order valence-electron chi connectivity index (χ2n) is 3.06. The quantitative estimate of drug-likeness (QED) is 0.745. The van der Waals surface area contributed by atoms with Crippen molar-refractivity contribution in [3.63, 3.8) is 0 Å². The van der Waals surface area contributed by atoms with Gasteiger partial charge in [-0.2, -0.15) is 10.1 Å². The molecule has 1 unspecified atom stereocenters. The van der Waals surface area contributed by atoms with Crippen molar-refractivity contribution in [2.45, 2.75) is 12.8 Å². The Morgan fingerprint density at radius 2 is 2.08 bits per heavy atom. The summed E-state index contributed by atoms with van der Waals surface area (Å²) in [4.78, 5) is 0. The van der Waals surface area contributed by atoms with E-state index >= 15 is 0 Å². The van der Waals surface area contributed by atoms with Crippen molar-refractivity contribution in [3.05, 3.63) is 29.8 Å². The number of thiol groups is 1. The van der Waals surface area contributed by atoms with E-state index in [0.717, 1.165) is 24.2 Å². The molecule has 0 aromatic heterocycles. The van der Waals surface area contributed by atoms with Crippen LogP contribution < -0.4 is 0 Å². The van der Waals surface area contributed by atoms with Gasteiger partial charge in [0, 0.05) is 0 Å². The average Bonchev–Trinajstić information content (AvgIpc) is 2.08. The first-order chi connectivity index (χ1) is 6.20. The number of hydrogen-bond acceptors (Lipinski definition) is 1. The maximum Gasteiger partial charge on any atom is 0.118 e. The molecular weight excluding hydrogens is 204 g/mol. The predicted octanol–water partition coefficient (Wildman–Crippen LogP) is 3.11. The lowest BCUT2D eigenvalue weighted by Gasteiger charge is -2.07. The van der Waals surface area contributed by atoms with E-state index in [-0.39, 0.29) is 10.1 Å². The van der Waals surface area contributed by atoms with Gasteiger partial charge in [0.25, 0.3) is 0 Å². The molecule has 0 aliphatic carbocycles. The number of aryl methyl sites for hydroxylation is 1. The van der Waals surface area contributed by atoms with Gasteiger partial charge in [-0.05, 0) is 36.5 Å². The van der Waals surface area contributed by atoms with Crippen LogP contribution >= 0.6 is 20.8 Å². The molecule has 0 bridgehead atoms. The highest BCUT2D eigenvalue weighted by Crippen LogP contribution is 2.27. The molecule has 74 valence electrons. The van der Waals surface area contributed by atoms with Crippen LogP contribution in [0.25, 0.3) is 0 Å². The molecule has 0 fully saturated rings. The smallest absolute Gasteiger partial charge is 0.118 e. The van der Waals surface area contributed by atoms with E-state index in [9.17, 15) is 5.11 Å². The zero-order valence-electron chi connectivity index (χ0n) is 7.70. The van der Waals surface area contributed by atoms with Crippen LogP contribution in [0, 0.1) is 0 Å². The zero-order valence-corrected chi connectivity index (χ0v) is 9.35. The van der Waals surface area contributed by atoms with Crippen LogP contribution in [0.4, 0.5) is 0 Å². The summed E-state index contributed by atoms with van der Waals surface area (Å²) in [5.41, 5.74) is 1.02. The lowest BCUT2D eigenvalue weighted by atomic mass is 10.1. The molecule has 1 aromatic rings. The van der Waals surface area contributed by atoms with Crippen LogP contribution in [0.1, 0.15) is 12.0 Å². The zero-order chi connectivity index (χ0) is 9.68. The topological polar surface area (TPSA) is 20.2 Å². The minimum atomic E-state index is -0.316. The normalized spacial score (nSPS) is 14.2. The summed E-state index contributed by atoms with van der Waals surface area (Å²) in [5, 5.41) is 9.45. The van der Waals surface area contributed by atoms with Gasteiger partial charge in [-0.3, -0.25) is 0 Å². The molecule has 1 atom stereocenters. The number of halogens is 1. The fourth-order valence-corrected chi connectivity index (χ4v) is 2.16. The van der Waals surface area contributed by atoms with E-state index in [1.165, 1.54) is 0 Å². The number of phenolic OH excluding ortho intramolecular Hbond substituents is 1. The summed E-state index contributed by atoms with van der Waals surface area (Å²) in [7, 11) is 5.57. The van der Waals surface area contributed by atoms with Gasteiger partial charge >= 0.3 is 0 Å². The molecule has 0 aliphatic heterocycles. The van der Waals surface area contributed by atoms with Gasteiger partial charge < -0.3 is 5.11 Å². The Kier molecular flexibility index (Phi) is 4.46. The minimum absolute atomic E-state index is 0.316. The molecule has 1 N–H and O–H groups in total. The van der Waals surface area contributed by atoms with Crippen molar-refractivity contribution in [1.82, 2.24) is 0 Å². The Morgan fingerprint density at radius 1 is 1.38 bits per heavy atom. The molecule has 1 rings (SSSR count). The molecule has 0 saturated heterocycles. The number of benzene rings is 1. The number of phenols is 1. The largest absolute Gasteiger partial charge is 0.508 e. The molecule has 13 heavy (non-hydrogen) atoms. The van der Waals surface area contributed by atoms with Gasteiger partial charge in [0.15, 0.2) is 0 Å². The predicted molar refractivity (Wildman–Crippen MR) is 62.1 cm³/mol. The van der Waals surface area contributed by atoms with Crippen molar-refractivity contribution in [2.75, 3.05) is 12.0 Å². The van der Waals surface area contributed by atoms with Crippen LogP contribution in [0.5, 0.6) is 5.75 Å². The molecule has 0 spiro atoms. The highest BCUT2D eigenvalue weighted by molar-refractivity contribution is 8.35. The maximum absolute atomic E-state index is 9.45. The Labute approximate surface area is 86.6 Å². The molecule has 0 saturated carbocycles. The van der Waals surface area contributed by atoms with Crippen LogP contribution in [0.2, 0.25) is 0 Å². The minimum Gasteiger partial charge on any atom is -0.508 e. The van der Waals surface area contributed by atoms with Crippen molar-refractivity contribution in [2.24, 2.45) is 0 Å². The highest BCUT2D eigenvalue weighted by atomic mass is 35.7. The monoisotopic (exact) mass is 218 g/mol. The van der Waals surface area contributed by atoms with Gasteiger partial charge in [-0.15, -0.1) is 0 Å². The van der Waals surface area contributed by atoms with E-state index in [1.807, 2.05) is 18.2 Å². The van der Waals surface area contributed by atoms with E-state index in [1.54, 1.807) is 6.07 Å². The van der Waals surface area contributed by atoms with E-state index < -0.39 is 0 Å². The van der Waals surface area contributed by atoms with Crippen molar-refractivity contribution in [3.8, 4) is 5.75 Å². The molecule has 0 aliphatic rings. The standard InChI is InChI=1S/C10H15ClOS/c1-13(11)8-4-6-9-5-2-3-7-10(9)12/h2-3,5,7,12-13H,4,6,8H2,1H3. The lowest BCUT2D eigenvalue weighted by Crippen LogP contribution is -1.89. The second-order valence-corrected chi connectivity index (χ2v) is 6.45. The molecular formula is C10H15ClOS. The SMILES string of the molecule is C[SH](Cl)CCCc1ccccc1O. The summed E-state index contributed by atoms with van der Waals surface area (Å²) in [5.74, 6) is 1.46. The number of para-hydroxylation sites is 1. The van der Waals surface area contributed by atoms with E-state index in [4.69, 9.17) is 10.7 Å². The van der Waals surface area contributed by atoms with Gasteiger partial charge in [0.05, 0.1) is 0 Å². The molecule has 1 aromatic carbocycles. The summed E-state index contributed by atoms with van der Waals surface area (Å²) >= 11 is 0. The molecule has 1 nitrogen and oxygen atoms in total. The summed E-state index contributed by atoms with van der Waals surface area (Å²) in [6.07, 6.45) is 4.04. The van der Waals surface area contributed by atoms with E-state index in [2.05, 4.69) is 6.26 Å². The Balaban J connectivity index is 2.41. The molecule has 0 heterocycles. The summed E-state index contributed by atoms with van der Waals surface area (Å²) in [6.45, 7) is 0. The third-order valence-electron chi connectivity index (χ3n) is 1.90. The average molecular weight is 219 g/mol. The van der Waals surface area contributed by atoms with Crippen LogP contribution in [0.3, 0.4) is 0 Å². The first-order valence-corrected chi connectivity index (χ1v) is 7.22. The Bertz CT molecular complexity index is 263. The summed E-state index contributed by atoms with van der Waals surface area (Å²) < 4.78 is 0. The third kappa shape index (κ3) is 3.92. The molecule has 3 heteroatoms. The number of rotatable bonds is 4. The first-order valence-electron chi connectivity index (χ1n) is 4.34. The van der Waals surface area contributed by atoms with Gasteiger partial charge in [-0.25, -0.2) is 0 Å². The van der Waals surface area contributed by atoms with E-state index in [0.29, 0.717) is 5.75 Å². The number of hydrogen-bond donors (Lipinski definition) is 2. The lowest BCUT2D eigenvalue weighted by molar-refractivity contribution is 0.467. The molecule has 0 radical (unpaired) electrons.